The van der Waals surface area contributed by atoms with Gasteiger partial charge in [0.2, 0.25) is 0 Å². The van der Waals surface area contributed by atoms with E-state index in [9.17, 15) is 12.8 Å². The number of hydrogen-bond acceptors (Lipinski definition) is 5. The minimum atomic E-state index is -3.70. The molecule has 2 N–H and O–H groups in total. The topological polar surface area (TPSA) is 67.4 Å². The van der Waals surface area contributed by atoms with E-state index < -0.39 is 22.0 Å². The van der Waals surface area contributed by atoms with E-state index in [-0.39, 0.29) is 28.3 Å². The number of sulfone groups is 1. The highest BCUT2D eigenvalue weighted by Crippen LogP contribution is 2.34. The Balaban J connectivity index is 1.91. The van der Waals surface area contributed by atoms with Gasteiger partial charge in [0.25, 0.3) is 0 Å². The SMILES string of the molecule is COc1c(F)cc(S(C)(=O)=O)cc1C(F)NC1CCCNC1c1ccccc1. The van der Waals surface area contributed by atoms with E-state index in [1.165, 1.54) is 7.11 Å². The Hall–Kier alpha value is -2.03. The Labute approximate surface area is 164 Å². The van der Waals surface area contributed by atoms with Gasteiger partial charge in [0, 0.05) is 23.9 Å². The van der Waals surface area contributed by atoms with Crippen LogP contribution in [0.2, 0.25) is 0 Å². The van der Waals surface area contributed by atoms with Crippen LogP contribution in [-0.2, 0) is 9.84 Å². The van der Waals surface area contributed by atoms with E-state index >= 15 is 4.39 Å². The molecule has 0 spiro atoms. The molecule has 0 saturated carbocycles. The van der Waals surface area contributed by atoms with Crippen LogP contribution < -0.4 is 15.4 Å². The zero-order chi connectivity index (χ0) is 20.3. The summed E-state index contributed by atoms with van der Waals surface area (Å²) in [5.74, 6) is -1.21. The number of nitrogens with one attached hydrogen (secondary N) is 2. The van der Waals surface area contributed by atoms with Crippen LogP contribution in [0.4, 0.5) is 8.78 Å². The van der Waals surface area contributed by atoms with E-state index in [4.69, 9.17) is 4.74 Å². The molecule has 1 aliphatic heterocycles. The molecule has 1 aliphatic rings. The predicted octanol–water partition coefficient (Wildman–Crippen LogP) is 3.29. The predicted molar refractivity (Wildman–Crippen MR) is 103 cm³/mol. The van der Waals surface area contributed by atoms with Gasteiger partial charge in [-0.05, 0) is 37.1 Å². The van der Waals surface area contributed by atoms with Gasteiger partial charge in [0.15, 0.2) is 27.7 Å². The van der Waals surface area contributed by atoms with Crippen molar-refractivity contribution in [2.45, 2.75) is 36.1 Å². The summed E-state index contributed by atoms with van der Waals surface area (Å²) < 4.78 is 58.2. The molecular weight excluding hydrogens is 386 g/mol. The van der Waals surface area contributed by atoms with Gasteiger partial charge in [0.1, 0.15) is 0 Å². The molecule has 152 valence electrons. The number of halogens is 2. The van der Waals surface area contributed by atoms with Gasteiger partial charge in [-0.25, -0.2) is 17.2 Å². The van der Waals surface area contributed by atoms with Gasteiger partial charge < -0.3 is 10.1 Å². The molecule has 3 rings (SSSR count). The van der Waals surface area contributed by atoms with Crippen molar-refractivity contribution in [3.05, 3.63) is 59.4 Å². The lowest BCUT2D eigenvalue weighted by Gasteiger charge is -2.35. The van der Waals surface area contributed by atoms with Crippen LogP contribution in [0.1, 0.15) is 36.3 Å². The quantitative estimate of drug-likeness (QED) is 0.716. The van der Waals surface area contributed by atoms with Crippen molar-refractivity contribution >= 4 is 9.84 Å². The molecule has 2 aromatic carbocycles. The van der Waals surface area contributed by atoms with Crippen molar-refractivity contribution in [3.63, 3.8) is 0 Å². The van der Waals surface area contributed by atoms with Crippen LogP contribution in [0.25, 0.3) is 0 Å². The Morgan fingerprint density at radius 1 is 1.25 bits per heavy atom. The highest BCUT2D eigenvalue weighted by molar-refractivity contribution is 7.90. The number of benzene rings is 2. The fraction of sp³-hybridized carbons (Fsp3) is 0.400. The summed E-state index contributed by atoms with van der Waals surface area (Å²) in [5, 5.41) is 6.28. The second-order valence-electron chi connectivity index (χ2n) is 6.92. The molecule has 1 fully saturated rings. The largest absolute Gasteiger partial charge is 0.493 e. The average molecular weight is 410 g/mol. The van der Waals surface area contributed by atoms with Crippen molar-refractivity contribution in [2.75, 3.05) is 19.9 Å². The molecule has 3 unspecified atom stereocenters. The minimum Gasteiger partial charge on any atom is -0.493 e. The summed E-state index contributed by atoms with van der Waals surface area (Å²) in [4.78, 5) is -0.286. The smallest absolute Gasteiger partial charge is 0.180 e. The average Bonchev–Trinajstić information content (AvgIpc) is 2.67. The molecule has 1 saturated heterocycles. The van der Waals surface area contributed by atoms with E-state index in [0.717, 1.165) is 43.3 Å². The maximum atomic E-state index is 15.2. The molecule has 0 radical (unpaired) electrons. The lowest BCUT2D eigenvalue weighted by Crippen LogP contribution is -2.46. The molecule has 28 heavy (non-hydrogen) atoms. The summed E-state index contributed by atoms with van der Waals surface area (Å²) in [5.41, 5.74) is 0.857. The fourth-order valence-electron chi connectivity index (χ4n) is 3.56. The highest BCUT2D eigenvalue weighted by atomic mass is 32.2. The van der Waals surface area contributed by atoms with E-state index in [0.29, 0.717) is 0 Å². The second-order valence-corrected chi connectivity index (χ2v) is 8.94. The molecule has 0 aliphatic carbocycles. The fourth-order valence-corrected chi connectivity index (χ4v) is 4.22. The van der Waals surface area contributed by atoms with Crippen molar-refractivity contribution in [3.8, 4) is 5.75 Å². The summed E-state index contributed by atoms with van der Waals surface area (Å²) in [6.45, 7) is 0.816. The van der Waals surface area contributed by atoms with Crippen LogP contribution >= 0.6 is 0 Å². The summed E-state index contributed by atoms with van der Waals surface area (Å²) in [6.07, 6.45) is 0.753. The van der Waals surface area contributed by atoms with Gasteiger partial charge in [-0.2, -0.15) is 0 Å². The summed E-state index contributed by atoms with van der Waals surface area (Å²) in [6, 6.07) is 11.3. The molecular formula is C20H24F2N2O3S. The van der Waals surface area contributed by atoms with E-state index in [1.807, 2.05) is 30.3 Å². The van der Waals surface area contributed by atoms with Crippen LogP contribution in [0.5, 0.6) is 5.75 Å². The molecule has 2 aromatic rings. The van der Waals surface area contributed by atoms with Crippen molar-refractivity contribution in [2.24, 2.45) is 0 Å². The Kier molecular flexibility index (Phi) is 6.32. The lowest BCUT2D eigenvalue weighted by molar-refractivity contribution is 0.194. The van der Waals surface area contributed by atoms with Crippen LogP contribution in [0, 0.1) is 5.82 Å². The number of piperidine rings is 1. The number of alkyl halides is 1. The standard InChI is InChI=1S/C20H24F2N2O3S/c1-27-19-15(11-14(12-16(19)21)28(2,25)26)20(22)24-17-9-6-10-23-18(17)13-7-4-3-5-8-13/h3-5,7-8,11-12,17-18,20,23-24H,6,9-10H2,1-2H3. The normalized spacial score (nSPS) is 21.3. The van der Waals surface area contributed by atoms with Crippen molar-refractivity contribution < 1.29 is 21.9 Å². The third-order valence-electron chi connectivity index (χ3n) is 4.93. The monoisotopic (exact) mass is 410 g/mol. The summed E-state index contributed by atoms with van der Waals surface area (Å²) in [7, 11) is -2.47. The number of hydrogen-bond donors (Lipinski definition) is 2. The lowest BCUT2D eigenvalue weighted by atomic mass is 9.92. The van der Waals surface area contributed by atoms with Gasteiger partial charge >= 0.3 is 0 Å². The molecule has 0 bridgehead atoms. The van der Waals surface area contributed by atoms with Crippen LogP contribution in [-0.4, -0.2) is 34.4 Å². The highest BCUT2D eigenvalue weighted by Gasteiger charge is 2.30. The van der Waals surface area contributed by atoms with Gasteiger partial charge in [-0.3, -0.25) is 5.32 Å². The Morgan fingerprint density at radius 3 is 2.61 bits per heavy atom. The molecule has 0 aromatic heterocycles. The molecule has 3 atom stereocenters. The first-order chi connectivity index (χ1) is 13.3. The molecule has 8 heteroatoms. The third kappa shape index (κ3) is 4.51. The van der Waals surface area contributed by atoms with Gasteiger partial charge in [-0.15, -0.1) is 0 Å². The maximum absolute atomic E-state index is 15.2. The molecule has 1 heterocycles. The zero-order valence-electron chi connectivity index (χ0n) is 15.8. The number of ether oxygens (including phenoxy) is 1. The molecule has 5 nitrogen and oxygen atoms in total. The first-order valence-corrected chi connectivity index (χ1v) is 11.0. The first kappa shape index (κ1) is 20.7. The van der Waals surface area contributed by atoms with Gasteiger partial charge in [0.05, 0.1) is 12.0 Å². The van der Waals surface area contributed by atoms with E-state index in [2.05, 4.69) is 10.6 Å². The first-order valence-electron chi connectivity index (χ1n) is 9.07. The number of rotatable bonds is 6. The second kappa shape index (κ2) is 8.55. The number of methoxy groups -OCH3 is 1. The van der Waals surface area contributed by atoms with Crippen molar-refractivity contribution in [1.82, 2.24) is 10.6 Å². The zero-order valence-corrected chi connectivity index (χ0v) is 16.6. The third-order valence-corrected chi connectivity index (χ3v) is 6.02. The summed E-state index contributed by atoms with van der Waals surface area (Å²) >= 11 is 0. The van der Waals surface area contributed by atoms with E-state index in [1.54, 1.807) is 0 Å². The minimum absolute atomic E-state index is 0.109. The maximum Gasteiger partial charge on any atom is 0.180 e. The Morgan fingerprint density at radius 2 is 1.96 bits per heavy atom. The van der Waals surface area contributed by atoms with Crippen molar-refractivity contribution in [1.29, 1.82) is 0 Å². The molecule has 0 amide bonds. The van der Waals surface area contributed by atoms with Gasteiger partial charge in [-0.1, -0.05) is 30.3 Å². The van der Waals surface area contributed by atoms with Crippen LogP contribution in [0.3, 0.4) is 0 Å². The van der Waals surface area contributed by atoms with Crippen LogP contribution in [0.15, 0.2) is 47.4 Å². The Bertz CT molecular complexity index is 923.